The van der Waals surface area contributed by atoms with Crippen molar-refractivity contribution < 1.29 is 9.53 Å². The molecule has 2 heterocycles. The number of aromatic amines is 1. The molecule has 1 aromatic rings. The molecule has 0 saturated carbocycles. The van der Waals surface area contributed by atoms with Crippen molar-refractivity contribution in [3.8, 4) is 0 Å². The summed E-state index contributed by atoms with van der Waals surface area (Å²) < 4.78 is 5.07. The van der Waals surface area contributed by atoms with Crippen LogP contribution in [0.3, 0.4) is 0 Å². The van der Waals surface area contributed by atoms with Gasteiger partial charge in [-0.05, 0) is 6.42 Å². The normalized spacial score (nSPS) is 20.2. The zero-order valence-electron chi connectivity index (χ0n) is 10.8. The second kappa shape index (κ2) is 5.97. The van der Waals surface area contributed by atoms with Crippen molar-refractivity contribution in [3.05, 3.63) is 17.7 Å². The summed E-state index contributed by atoms with van der Waals surface area (Å²) in [5.41, 5.74) is 2.05. The first-order valence-electron chi connectivity index (χ1n) is 6.28. The Kier molecular flexibility index (Phi) is 4.33. The topological polar surface area (TPSA) is 79.0 Å². The molecule has 6 nitrogen and oxygen atoms in total. The molecule has 3 N–H and O–H groups in total. The molecule has 1 aliphatic rings. The van der Waals surface area contributed by atoms with Crippen molar-refractivity contribution in [2.75, 3.05) is 13.7 Å². The van der Waals surface area contributed by atoms with Gasteiger partial charge in [-0.2, -0.15) is 0 Å². The molecule has 2 atom stereocenters. The van der Waals surface area contributed by atoms with Crippen LogP contribution in [0.15, 0.2) is 6.33 Å². The van der Waals surface area contributed by atoms with E-state index in [0.29, 0.717) is 19.6 Å². The summed E-state index contributed by atoms with van der Waals surface area (Å²) in [6.45, 7) is 3.24. The van der Waals surface area contributed by atoms with Gasteiger partial charge in [0.25, 0.3) is 0 Å². The summed E-state index contributed by atoms with van der Waals surface area (Å²) in [5, 5.41) is 6.20. The van der Waals surface area contributed by atoms with Crippen LogP contribution in [-0.2, 0) is 22.5 Å². The summed E-state index contributed by atoms with van der Waals surface area (Å²) in [6.07, 6.45) is 3.17. The first-order valence-corrected chi connectivity index (χ1v) is 6.28. The van der Waals surface area contributed by atoms with Crippen molar-refractivity contribution in [2.24, 2.45) is 0 Å². The highest BCUT2D eigenvalue weighted by Crippen LogP contribution is 2.12. The average molecular weight is 252 g/mol. The van der Waals surface area contributed by atoms with E-state index in [1.807, 2.05) is 6.92 Å². The predicted octanol–water partition coefficient (Wildman–Crippen LogP) is -0.0348. The zero-order chi connectivity index (χ0) is 13.0. The Bertz CT molecular complexity index is 405. The average Bonchev–Trinajstić information content (AvgIpc) is 2.85. The van der Waals surface area contributed by atoms with Crippen molar-refractivity contribution in [2.45, 2.75) is 38.4 Å². The van der Waals surface area contributed by atoms with E-state index in [1.165, 1.54) is 0 Å². The molecule has 1 aromatic heterocycles. The Morgan fingerprint density at radius 1 is 1.72 bits per heavy atom. The van der Waals surface area contributed by atoms with Gasteiger partial charge in [0.15, 0.2) is 0 Å². The number of ether oxygens (including phenoxy) is 1. The number of hydrogen-bond acceptors (Lipinski definition) is 4. The highest BCUT2D eigenvalue weighted by molar-refractivity contribution is 5.82. The molecule has 0 spiro atoms. The second-order valence-electron chi connectivity index (χ2n) is 4.53. The van der Waals surface area contributed by atoms with Gasteiger partial charge in [0.2, 0.25) is 5.91 Å². The van der Waals surface area contributed by atoms with Crippen LogP contribution in [0.4, 0.5) is 0 Å². The van der Waals surface area contributed by atoms with Crippen molar-refractivity contribution in [1.29, 1.82) is 0 Å². The second-order valence-corrected chi connectivity index (χ2v) is 4.53. The summed E-state index contributed by atoms with van der Waals surface area (Å²) in [4.78, 5) is 19.4. The molecule has 2 unspecified atom stereocenters. The number of amides is 1. The molecule has 1 amide bonds. The highest BCUT2D eigenvalue weighted by Gasteiger charge is 2.26. The first kappa shape index (κ1) is 13.0. The van der Waals surface area contributed by atoms with E-state index < -0.39 is 0 Å². The number of carbonyl (C=O) groups is 1. The maximum absolute atomic E-state index is 12.1. The number of hydrogen-bond donors (Lipinski definition) is 3. The van der Waals surface area contributed by atoms with Gasteiger partial charge >= 0.3 is 0 Å². The molecule has 0 saturated heterocycles. The molecule has 0 fully saturated rings. The van der Waals surface area contributed by atoms with Crippen molar-refractivity contribution >= 4 is 5.91 Å². The van der Waals surface area contributed by atoms with Crippen LogP contribution in [0, 0.1) is 0 Å². The van der Waals surface area contributed by atoms with Gasteiger partial charge in [0.05, 0.1) is 36.4 Å². The van der Waals surface area contributed by atoms with Crippen LogP contribution in [0.25, 0.3) is 0 Å². The maximum Gasteiger partial charge on any atom is 0.237 e. The fraction of sp³-hybridized carbons (Fsp3) is 0.667. The van der Waals surface area contributed by atoms with E-state index in [2.05, 4.69) is 20.6 Å². The van der Waals surface area contributed by atoms with E-state index in [0.717, 1.165) is 17.8 Å². The van der Waals surface area contributed by atoms with E-state index in [9.17, 15) is 4.79 Å². The van der Waals surface area contributed by atoms with Gasteiger partial charge in [0, 0.05) is 20.1 Å². The molecular formula is C12H20N4O2. The van der Waals surface area contributed by atoms with Gasteiger partial charge < -0.3 is 15.0 Å². The minimum Gasteiger partial charge on any atom is -0.383 e. The van der Waals surface area contributed by atoms with Crippen molar-refractivity contribution in [1.82, 2.24) is 20.6 Å². The SMILES string of the molecule is CCC(COC)NC(=O)C1Cc2nc[nH]c2CN1. The lowest BCUT2D eigenvalue weighted by Gasteiger charge is -2.25. The number of nitrogens with zero attached hydrogens (tertiary/aromatic N) is 1. The number of imidazole rings is 1. The lowest BCUT2D eigenvalue weighted by Crippen LogP contribution is -2.51. The monoisotopic (exact) mass is 252 g/mol. The summed E-state index contributed by atoms with van der Waals surface area (Å²) >= 11 is 0. The quantitative estimate of drug-likeness (QED) is 0.687. The van der Waals surface area contributed by atoms with E-state index in [4.69, 9.17) is 4.74 Å². The van der Waals surface area contributed by atoms with Crippen LogP contribution in [0.1, 0.15) is 24.7 Å². The zero-order valence-corrected chi connectivity index (χ0v) is 10.8. The molecule has 18 heavy (non-hydrogen) atoms. The van der Waals surface area contributed by atoms with Crippen LogP contribution in [0.5, 0.6) is 0 Å². The van der Waals surface area contributed by atoms with Gasteiger partial charge in [-0.15, -0.1) is 0 Å². The third-order valence-corrected chi connectivity index (χ3v) is 3.25. The third-order valence-electron chi connectivity index (χ3n) is 3.25. The van der Waals surface area contributed by atoms with E-state index in [1.54, 1.807) is 13.4 Å². The molecule has 1 aliphatic heterocycles. The molecule has 0 bridgehead atoms. The van der Waals surface area contributed by atoms with Crippen LogP contribution in [0.2, 0.25) is 0 Å². The third kappa shape index (κ3) is 2.88. The highest BCUT2D eigenvalue weighted by atomic mass is 16.5. The van der Waals surface area contributed by atoms with E-state index >= 15 is 0 Å². The Morgan fingerprint density at radius 3 is 3.28 bits per heavy atom. The lowest BCUT2D eigenvalue weighted by molar-refractivity contribution is -0.124. The number of rotatable bonds is 5. The van der Waals surface area contributed by atoms with Gasteiger partial charge in [-0.1, -0.05) is 6.92 Å². The molecular weight excluding hydrogens is 232 g/mol. The van der Waals surface area contributed by atoms with E-state index in [-0.39, 0.29) is 18.0 Å². The molecule has 2 rings (SSSR count). The molecule has 100 valence electrons. The first-order chi connectivity index (χ1) is 8.74. The number of fused-ring (bicyclic) bond motifs is 1. The number of aromatic nitrogens is 2. The summed E-state index contributed by atoms with van der Waals surface area (Å²) in [5.74, 6) is 0.0209. The Hall–Kier alpha value is -1.40. The Morgan fingerprint density at radius 2 is 2.56 bits per heavy atom. The van der Waals surface area contributed by atoms with Crippen LogP contribution in [-0.4, -0.2) is 41.7 Å². The number of H-pyrrole nitrogens is 1. The lowest BCUT2D eigenvalue weighted by atomic mass is 10.0. The number of carbonyl (C=O) groups excluding carboxylic acids is 1. The minimum absolute atomic E-state index is 0.0209. The van der Waals surface area contributed by atoms with Gasteiger partial charge in [-0.3, -0.25) is 10.1 Å². The summed E-state index contributed by atoms with van der Waals surface area (Å²) in [7, 11) is 1.64. The Balaban J connectivity index is 1.91. The maximum atomic E-state index is 12.1. The van der Waals surface area contributed by atoms with Gasteiger partial charge in [-0.25, -0.2) is 4.98 Å². The predicted molar refractivity (Wildman–Crippen MR) is 67.0 cm³/mol. The Labute approximate surface area is 107 Å². The number of methoxy groups -OCH3 is 1. The molecule has 0 aliphatic carbocycles. The standard InChI is InChI=1S/C12H20N4O2/c1-3-8(6-18-2)16-12(17)10-4-9-11(5-13-10)15-7-14-9/h7-8,10,13H,3-6H2,1-2H3,(H,14,15)(H,16,17). The fourth-order valence-electron chi connectivity index (χ4n) is 2.12. The van der Waals surface area contributed by atoms with Gasteiger partial charge in [0.1, 0.15) is 0 Å². The summed E-state index contributed by atoms with van der Waals surface area (Å²) in [6, 6.07) is -0.128. The molecule has 0 radical (unpaired) electrons. The van der Waals surface area contributed by atoms with Crippen LogP contribution < -0.4 is 10.6 Å². The molecule has 6 heteroatoms. The number of nitrogens with one attached hydrogen (secondary N) is 3. The molecule has 0 aromatic carbocycles. The van der Waals surface area contributed by atoms with Crippen LogP contribution >= 0.6 is 0 Å². The largest absolute Gasteiger partial charge is 0.383 e. The minimum atomic E-state index is -0.202. The van der Waals surface area contributed by atoms with Crippen molar-refractivity contribution in [3.63, 3.8) is 0 Å². The smallest absolute Gasteiger partial charge is 0.237 e. The fourth-order valence-corrected chi connectivity index (χ4v) is 2.12.